The molecule has 2 N–H and O–H groups in total. The summed E-state index contributed by atoms with van der Waals surface area (Å²) in [5.74, 6) is 0.181. The first kappa shape index (κ1) is 18.7. The third kappa shape index (κ3) is 3.91. The van der Waals surface area contributed by atoms with Crippen LogP contribution in [0.1, 0.15) is 10.4 Å². The van der Waals surface area contributed by atoms with E-state index in [-0.39, 0.29) is 11.7 Å². The molecule has 0 saturated carbocycles. The van der Waals surface area contributed by atoms with Crippen LogP contribution in [-0.4, -0.2) is 20.9 Å². The van der Waals surface area contributed by atoms with E-state index in [0.717, 1.165) is 22.2 Å². The zero-order chi connectivity index (χ0) is 21.2. The number of anilines is 1. The van der Waals surface area contributed by atoms with E-state index in [2.05, 4.69) is 20.3 Å². The molecule has 2 aromatic heterocycles. The standard InChI is InChI=1S/C25H17FN4O/c26-20-10-11-22-23(14-20)30-24(29-22)17-8-6-16(7-9-17)18-3-1-5-21(13-18)28-25(31)19-4-2-12-27-15-19/h1-15H,(H,28,31)(H,29,30). The number of hydrogen-bond acceptors (Lipinski definition) is 3. The highest BCUT2D eigenvalue weighted by Crippen LogP contribution is 2.27. The highest BCUT2D eigenvalue weighted by atomic mass is 19.1. The lowest BCUT2D eigenvalue weighted by Crippen LogP contribution is -2.11. The van der Waals surface area contributed by atoms with Crippen molar-refractivity contribution in [2.24, 2.45) is 0 Å². The fraction of sp³-hybridized carbons (Fsp3) is 0. The van der Waals surface area contributed by atoms with Crippen LogP contribution in [0.25, 0.3) is 33.5 Å². The van der Waals surface area contributed by atoms with Gasteiger partial charge < -0.3 is 10.3 Å². The number of H-pyrrole nitrogens is 1. The van der Waals surface area contributed by atoms with E-state index in [0.29, 0.717) is 22.6 Å². The van der Waals surface area contributed by atoms with Crippen LogP contribution < -0.4 is 5.32 Å². The Morgan fingerprint density at radius 2 is 1.71 bits per heavy atom. The van der Waals surface area contributed by atoms with Gasteiger partial charge in [0.2, 0.25) is 0 Å². The predicted molar refractivity (Wildman–Crippen MR) is 119 cm³/mol. The number of benzene rings is 3. The van der Waals surface area contributed by atoms with Gasteiger partial charge in [0.1, 0.15) is 11.6 Å². The molecule has 0 bridgehead atoms. The molecule has 0 aliphatic heterocycles. The zero-order valence-electron chi connectivity index (χ0n) is 16.3. The summed E-state index contributed by atoms with van der Waals surface area (Å²) in [6.45, 7) is 0. The third-order valence-corrected chi connectivity index (χ3v) is 4.98. The van der Waals surface area contributed by atoms with Crippen molar-refractivity contribution in [2.45, 2.75) is 0 Å². The lowest BCUT2D eigenvalue weighted by Gasteiger charge is -2.08. The number of aromatic amines is 1. The molecular formula is C25H17FN4O. The normalized spacial score (nSPS) is 10.9. The Kier molecular flexibility index (Phi) is 4.72. The second-order valence-electron chi connectivity index (χ2n) is 7.10. The number of rotatable bonds is 4. The molecule has 150 valence electrons. The molecule has 0 fully saturated rings. The minimum Gasteiger partial charge on any atom is -0.338 e. The van der Waals surface area contributed by atoms with Gasteiger partial charge in [-0.15, -0.1) is 0 Å². The van der Waals surface area contributed by atoms with Gasteiger partial charge in [0, 0.05) is 23.6 Å². The van der Waals surface area contributed by atoms with Crippen molar-refractivity contribution in [3.63, 3.8) is 0 Å². The summed E-state index contributed by atoms with van der Waals surface area (Å²) < 4.78 is 13.4. The van der Waals surface area contributed by atoms with Crippen molar-refractivity contribution in [3.05, 3.63) is 103 Å². The van der Waals surface area contributed by atoms with Gasteiger partial charge in [0.05, 0.1) is 16.6 Å². The van der Waals surface area contributed by atoms with E-state index in [9.17, 15) is 9.18 Å². The molecule has 0 atom stereocenters. The molecule has 5 nitrogen and oxygen atoms in total. The molecule has 0 radical (unpaired) electrons. The highest BCUT2D eigenvalue weighted by molar-refractivity contribution is 6.04. The second-order valence-corrected chi connectivity index (χ2v) is 7.10. The Hall–Kier alpha value is -4.32. The summed E-state index contributed by atoms with van der Waals surface area (Å²) in [7, 11) is 0. The molecule has 3 aromatic carbocycles. The van der Waals surface area contributed by atoms with Crippen LogP contribution in [0.5, 0.6) is 0 Å². The van der Waals surface area contributed by atoms with Gasteiger partial charge in [-0.05, 0) is 53.6 Å². The van der Waals surface area contributed by atoms with Crippen LogP contribution in [0.15, 0.2) is 91.3 Å². The van der Waals surface area contributed by atoms with Crippen LogP contribution in [0.4, 0.5) is 10.1 Å². The third-order valence-electron chi connectivity index (χ3n) is 4.98. The van der Waals surface area contributed by atoms with E-state index >= 15 is 0 Å². The van der Waals surface area contributed by atoms with E-state index in [4.69, 9.17) is 0 Å². The van der Waals surface area contributed by atoms with Gasteiger partial charge in [-0.3, -0.25) is 9.78 Å². The molecule has 5 rings (SSSR count). The molecule has 5 aromatic rings. The van der Waals surface area contributed by atoms with E-state index in [1.54, 1.807) is 24.4 Å². The number of carbonyl (C=O) groups is 1. The molecule has 0 unspecified atom stereocenters. The summed E-state index contributed by atoms with van der Waals surface area (Å²) in [5, 5.41) is 2.90. The summed E-state index contributed by atoms with van der Waals surface area (Å²) in [4.78, 5) is 24.0. The quantitative estimate of drug-likeness (QED) is 0.402. The first-order chi connectivity index (χ1) is 15.2. The SMILES string of the molecule is O=C(Nc1cccc(-c2ccc(-c3nc4ccc(F)cc4[nH]3)cc2)c1)c1cccnc1. The average Bonchev–Trinajstić information content (AvgIpc) is 3.23. The van der Waals surface area contributed by atoms with Crippen molar-refractivity contribution in [2.75, 3.05) is 5.32 Å². The van der Waals surface area contributed by atoms with Crippen molar-refractivity contribution in [3.8, 4) is 22.5 Å². The highest BCUT2D eigenvalue weighted by Gasteiger charge is 2.09. The van der Waals surface area contributed by atoms with Gasteiger partial charge in [0.15, 0.2) is 0 Å². The first-order valence-electron chi connectivity index (χ1n) is 9.73. The molecule has 0 aliphatic rings. The van der Waals surface area contributed by atoms with Crippen molar-refractivity contribution < 1.29 is 9.18 Å². The summed E-state index contributed by atoms with van der Waals surface area (Å²) in [6.07, 6.45) is 3.16. The lowest BCUT2D eigenvalue weighted by atomic mass is 10.0. The zero-order valence-corrected chi connectivity index (χ0v) is 16.3. The fourth-order valence-corrected chi connectivity index (χ4v) is 3.42. The predicted octanol–water partition coefficient (Wildman–Crippen LogP) is 5.68. The lowest BCUT2D eigenvalue weighted by molar-refractivity contribution is 0.102. The minimum atomic E-state index is -0.298. The van der Waals surface area contributed by atoms with Crippen molar-refractivity contribution in [1.29, 1.82) is 0 Å². The number of fused-ring (bicyclic) bond motifs is 1. The Labute approximate surface area is 177 Å². The monoisotopic (exact) mass is 408 g/mol. The number of aromatic nitrogens is 3. The number of pyridine rings is 1. The maximum absolute atomic E-state index is 13.4. The number of imidazole rings is 1. The Morgan fingerprint density at radius 3 is 2.52 bits per heavy atom. The first-order valence-corrected chi connectivity index (χ1v) is 9.73. The van der Waals surface area contributed by atoms with E-state index in [1.807, 2.05) is 48.5 Å². The van der Waals surface area contributed by atoms with Crippen LogP contribution in [0.2, 0.25) is 0 Å². The maximum Gasteiger partial charge on any atom is 0.257 e. The van der Waals surface area contributed by atoms with E-state index in [1.165, 1.54) is 18.3 Å². The summed E-state index contributed by atoms with van der Waals surface area (Å²) in [6, 6.07) is 23.5. The molecule has 1 amide bonds. The number of carbonyl (C=O) groups excluding carboxylic acids is 1. The maximum atomic E-state index is 13.4. The molecule has 6 heteroatoms. The largest absolute Gasteiger partial charge is 0.338 e. The Bertz CT molecular complexity index is 1380. The van der Waals surface area contributed by atoms with Gasteiger partial charge >= 0.3 is 0 Å². The van der Waals surface area contributed by atoms with Gasteiger partial charge in [-0.1, -0.05) is 36.4 Å². The van der Waals surface area contributed by atoms with Gasteiger partial charge in [-0.25, -0.2) is 9.37 Å². The Morgan fingerprint density at radius 1 is 0.871 bits per heavy atom. The molecule has 0 spiro atoms. The number of amides is 1. The second kappa shape index (κ2) is 7.84. The van der Waals surface area contributed by atoms with Crippen LogP contribution >= 0.6 is 0 Å². The summed E-state index contributed by atoms with van der Waals surface area (Å²) in [5.41, 5.74) is 5.47. The van der Waals surface area contributed by atoms with E-state index < -0.39 is 0 Å². The molecule has 0 saturated heterocycles. The molecule has 0 aliphatic carbocycles. The van der Waals surface area contributed by atoms with Gasteiger partial charge in [-0.2, -0.15) is 0 Å². The molecule has 31 heavy (non-hydrogen) atoms. The topological polar surface area (TPSA) is 70.7 Å². The Balaban J connectivity index is 1.38. The number of hydrogen-bond donors (Lipinski definition) is 2. The molecule has 2 heterocycles. The van der Waals surface area contributed by atoms with Crippen LogP contribution in [0.3, 0.4) is 0 Å². The number of nitrogens with zero attached hydrogens (tertiary/aromatic N) is 2. The van der Waals surface area contributed by atoms with Gasteiger partial charge in [0.25, 0.3) is 5.91 Å². The number of halogens is 1. The minimum absolute atomic E-state index is 0.207. The fourth-order valence-electron chi connectivity index (χ4n) is 3.42. The average molecular weight is 408 g/mol. The van der Waals surface area contributed by atoms with Crippen LogP contribution in [0, 0.1) is 5.82 Å². The van der Waals surface area contributed by atoms with Crippen molar-refractivity contribution in [1.82, 2.24) is 15.0 Å². The smallest absolute Gasteiger partial charge is 0.257 e. The summed E-state index contributed by atoms with van der Waals surface area (Å²) >= 11 is 0. The number of nitrogens with one attached hydrogen (secondary N) is 2. The molecular weight excluding hydrogens is 391 g/mol. The van der Waals surface area contributed by atoms with Crippen LogP contribution in [-0.2, 0) is 0 Å². The van der Waals surface area contributed by atoms with Crippen molar-refractivity contribution >= 4 is 22.6 Å².